The Morgan fingerprint density at radius 2 is 1.83 bits per heavy atom. The molecule has 8 nitrogen and oxygen atoms in total. The molecule has 1 aromatic rings. The number of aryl methyl sites for hydroxylation is 1. The first-order valence-electron chi connectivity index (χ1n) is 11.3. The molecule has 1 aliphatic carbocycles. The summed E-state index contributed by atoms with van der Waals surface area (Å²) in [6, 6.07) is 3.62. The fourth-order valence-corrected chi connectivity index (χ4v) is 4.73. The molecule has 3 aliphatic rings. The lowest BCUT2D eigenvalue weighted by atomic mass is 9.85. The predicted molar refractivity (Wildman–Crippen MR) is 127 cm³/mol. The Hall–Kier alpha value is -3.81. The molecule has 4 rings (SSSR count). The molecule has 8 heteroatoms. The van der Waals surface area contributed by atoms with Crippen molar-refractivity contribution in [2.45, 2.75) is 45.0 Å². The van der Waals surface area contributed by atoms with E-state index in [1.807, 2.05) is 19.9 Å². The Bertz CT molecular complexity index is 1170. The molecule has 4 atom stereocenters. The molecule has 184 valence electrons. The number of carbonyl (C=O) groups excluding carboxylic acids is 3. The summed E-state index contributed by atoms with van der Waals surface area (Å²) in [5.74, 6) is -1.03. The minimum Gasteiger partial charge on any atom is -0.493 e. The Labute approximate surface area is 203 Å². The van der Waals surface area contributed by atoms with Gasteiger partial charge in [-0.3, -0.25) is 0 Å². The van der Waals surface area contributed by atoms with Crippen LogP contribution < -0.4 is 9.47 Å². The summed E-state index contributed by atoms with van der Waals surface area (Å²) in [5.41, 5.74) is 3.10. The smallest absolute Gasteiger partial charge is 0.334 e. The van der Waals surface area contributed by atoms with E-state index < -0.39 is 42.1 Å². The van der Waals surface area contributed by atoms with Gasteiger partial charge in [0.15, 0.2) is 11.5 Å². The topological polar surface area (TPSA) is 97.4 Å². The van der Waals surface area contributed by atoms with Gasteiger partial charge >= 0.3 is 17.9 Å². The second kappa shape index (κ2) is 9.82. The van der Waals surface area contributed by atoms with E-state index in [1.54, 1.807) is 38.5 Å². The third-order valence-corrected chi connectivity index (χ3v) is 6.33. The summed E-state index contributed by atoms with van der Waals surface area (Å²) >= 11 is 0. The summed E-state index contributed by atoms with van der Waals surface area (Å²) in [4.78, 5) is 37.4. The SMILES string of the molecule is C=C1C(=O)OC2CC3=C[C@@H](C/C(C)=C/C(OC(=O)/C=C/c4cc(C)c(OC)c(OC)c4)[C@H]12)OC3=O. The van der Waals surface area contributed by atoms with Crippen LogP contribution in [0, 0.1) is 12.8 Å². The van der Waals surface area contributed by atoms with Crippen LogP contribution >= 0.6 is 0 Å². The van der Waals surface area contributed by atoms with Gasteiger partial charge < -0.3 is 23.7 Å². The highest BCUT2D eigenvalue weighted by Crippen LogP contribution is 2.38. The molecule has 0 N–H and O–H groups in total. The quantitative estimate of drug-likeness (QED) is 0.273. The van der Waals surface area contributed by atoms with Crippen molar-refractivity contribution >= 4 is 24.0 Å². The minimum atomic E-state index is -0.795. The van der Waals surface area contributed by atoms with Crippen molar-refractivity contribution in [1.82, 2.24) is 0 Å². The molecule has 1 saturated heterocycles. The second-order valence-electron chi connectivity index (χ2n) is 8.86. The van der Waals surface area contributed by atoms with Crippen LogP contribution in [-0.4, -0.2) is 50.4 Å². The van der Waals surface area contributed by atoms with Gasteiger partial charge in [0.1, 0.15) is 18.3 Å². The molecule has 0 spiro atoms. The van der Waals surface area contributed by atoms with E-state index in [0.29, 0.717) is 23.5 Å². The van der Waals surface area contributed by atoms with Crippen LogP contribution in [0.15, 0.2) is 53.7 Å². The zero-order valence-electron chi connectivity index (χ0n) is 20.2. The molecular weight excluding hydrogens is 452 g/mol. The Kier molecular flexibility index (Phi) is 6.82. The van der Waals surface area contributed by atoms with Crippen LogP contribution in [0.5, 0.6) is 11.5 Å². The summed E-state index contributed by atoms with van der Waals surface area (Å²) < 4.78 is 27.4. The van der Waals surface area contributed by atoms with E-state index in [0.717, 1.165) is 16.7 Å². The third kappa shape index (κ3) is 5.01. The van der Waals surface area contributed by atoms with Crippen molar-refractivity contribution in [3.8, 4) is 11.5 Å². The highest BCUT2D eigenvalue weighted by atomic mass is 16.6. The number of rotatable bonds is 5. The highest BCUT2D eigenvalue weighted by molar-refractivity contribution is 5.93. The standard InChI is InChI=1S/C27H28O8/c1-14-8-19-12-18(27(30)33-19)13-21-24(16(3)26(29)35-21)20(9-14)34-23(28)7-6-17-10-15(2)25(32-5)22(11-17)31-4/h6-7,9-12,19-21,24H,3,8,13H2,1-2,4-5H3/b7-6+,14-9+/t19-,20?,21?,24+/m1/s1. The fourth-order valence-electron chi connectivity index (χ4n) is 4.73. The Morgan fingerprint density at radius 3 is 2.54 bits per heavy atom. The van der Waals surface area contributed by atoms with Gasteiger partial charge in [-0.05, 0) is 55.3 Å². The normalized spacial score (nSPS) is 27.4. The molecule has 0 amide bonds. The number of hydrogen-bond acceptors (Lipinski definition) is 8. The van der Waals surface area contributed by atoms with Crippen LogP contribution in [-0.2, 0) is 28.6 Å². The van der Waals surface area contributed by atoms with Crippen molar-refractivity contribution in [3.63, 3.8) is 0 Å². The number of methoxy groups -OCH3 is 2. The average molecular weight is 481 g/mol. The van der Waals surface area contributed by atoms with Gasteiger partial charge in [0.25, 0.3) is 0 Å². The summed E-state index contributed by atoms with van der Waals surface area (Å²) in [5, 5.41) is 0. The summed E-state index contributed by atoms with van der Waals surface area (Å²) in [6.07, 6.45) is 5.24. The number of carbonyl (C=O) groups is 3. The maximum atomic E-state index is 12.8. The lowest BCUT2D eigenvalue weighted by Gasteiger charge is -2.25. The largest absolute Gasteiger partial charge is 0.493 e. The number of benzene rings is 1. The molecule has 2 aliphatic heterocycles. The van der Waals surface area contributed by atoms with Crippen molar-refractivity contribution in [1.29, 1.82) is 0 Å². The molecule has 2 heterocycles. The van der Waals surface area contributed by atoms with Gasteiger partial charge in [0.05, 0.1) is 20.1 Å². The van der Waals surface area contributed by atoms with Crippen LogP contribution in [0.25, 0.3) is 6.08 Å². The Morgan fingerprint density at radius 1 is 1.06 bits per heavy atom. The zero-order chi connectivity index (χ0) is 25.3. The van der Waals surface area contributed by atoms with Gasteiger partial charge in [-0.25, -0.2) is 14.4 Å². The molecule has 0 saturated carbocycles. The second-order valence-corrected chi connectivity index (χ2v) is 8.86. The zero-order valence-corrected chi connectivity index (χ0v) is 20.2. The van der Waals surface area contributed by atoms with Gasteiger partial charge in [0.2, 0.25) is 0 Å². The molecular formula is C27H28O8. The lowest BCUT2D eigenvalue weighted by molar-refractivity contribution is -0.145. The van der Waals surface area contributed by atoms with Crippen LogP contribution in [0.1, 0.15) is 30.9 Å². The molecule has 0 radical (unpaired) electrons. The maximum absolute atomic E-state index is 12.8. The summed E-state index contributed by atoms with van der Waals surface area (Å²) in [6.45, 7) is 7.61. The van der Waals surface area contributed by atoms with Gasteiger partial charge in [-0.2, -0.15) is 0 Å². The van der Waals surface area contributed by atoms with E-state index in [9.17, 15) is 14.4 Å². The van der Waals surface area contributed by atoms with Crippen LogP contribution in [0.4, 0.5) is 0 Å². The molecule has 35 heavy (non-hydrogen) atoms. The van der Waals surface area contributed by atoms with Gasteiger partial charge in [-0.15, -0.1) is 0 Å². The molecule has 1 fully saturated rings. The van der Waals surface area contributed by atoms with E-state index in [4.69, 9.17) is 23.7 Å². The first kappa shape index (κ1) is 24.3. The van der Waals surface area contributed by atoms with Crippen molar-refractivity contribution in [2.24, 2.45) is 5.92 Å². The first-order chi connectivity index (χ1) is 16.7. The lowest BCUT2D eigenvalue weighted by Crippen LogP contribution is -2.32. The molecule has 1 aromatic carbocycles. The summed E-state index contributed by atoms with van der Waals surface area (Å²) in [7, 11) is 3.11. The maximum Gasteiger partial charge on any atom is 0.334 e. The number of esters is 3. The number of ether oxygens (including phenoxy) is 5. The molecule has 2 unspecified atom stereocenters. The average Bonchev–Trinajstić information content (AvgIpc) is 3.28. The monoisotopic (exact) mass is 480 g/mol. The van der Waals surface area contributed by atoms with Crippen molar-refractivity contribution in [2.75, 3.05) is 14.2 Å². The van der Waals surface area contributed by atoms with Crippen molar-refractivity contribution in [3.05, 3.63) is 64.8 Å². The first-order valence-corrected chi connectivity index (χ1v) is 11.3. The number of fused-ring (bicyclic) bond motifs is 2. The fraction of sp³-hybridized carbons (Fsp3) is 0.370. The number of hydrogen-bond donors (Lipinski definition) is 0. The van der Waals surface area contributed by atoms with E-state index in [1.165, 1.54) is 6.08 Å². The molecule has 0 aromatic heterocycles. The van der Waals surface area contributed by atoms with E-state index in [-0.39, 0.29) is 12.0 Å². The third-order valence-electron chi connectivity index (χ3n) is 6.33. The predicted octanol–water partition coefficient (Wildman–Crippen LogP) is 3.63. The molecule has 2 bridgehead atoms. The van der Waals surface area contributed by atoms with Crippen LogP contribution in [0.2, 0.25) is 0 Å². The van der Waals surface area contributed by atoms with Gasteiger partial charge in [0, 0.05) is 30.1 Å². The minimum absolute atomic E-state index is 0.173. The van der Waals surface area contributed by atoms with Gasteiger partial charge in [-0.1, -0.05) is 12.2 Å². The highest BCUT2D eigenvalue weighted by Gasteiger charge is 2.46. The van der Waals surface area contributed by atoms with E-state index in [2.05, 4.69) is 6.58 Å². The van der Waals surface area contributed by atoms with Crippen molar-refractivity contribution < 1.29 is 38.1 Å². The van der Waals surface area contributed by atoms with E-state index >= 15 is 0 Å². The van der Waals surface area contributed by atoms with Crippen LogP contribution in [0.3, 0.4) is 0 Å². The Balaban J connectivity index is 1.58.